The van der Waals surface area contributed by atoms with Gasteiger partial charge in [0.1, 0.15) is 48.0 Å². The van der Waals surface area contributed by atoms with E-state index < -0.39 is 113 Å². The van der Waals surface area contributed by atoms with E-state index in [1.807, 2.05) is 18.2 Å². The Morgan fingerprint density at radius 2 is 1.38 bits per heavy atom. The van der Waals surface area contributed by atoms with Gasteiger partial charge in [-0.3, -0.25) is 38.4 Å². The van der Waals surface area contributed by atoms with Crippen LogP contribution in [-0.4, -0.2) is 145 Å². The summed E-state index contributed by atoms with van der Waals surface area (Å²) in [6.07, 6.45) is -1.53. The molecule has 22 nitrogen and oxygen atoms in total. The average Bonchev–Trinajstić information content (AvgIpc) is 3.76. The van der Waals surface area contributed by atoms with E-state index in [0.29, 0.717) is 11.1 Å². The SMILES string of the molecule is C[C@@H](O)[C@H](NC(=O)C1NC(=O)[C@H]([C@@H](C)O)NC(=O)[C@H](CCCN)NC(=O)[C@@H](Cc2c[nH]c3ccccc23)NC(=O)[C@H](Cc2ccc(O)cc2)NC(=O)C(NC(=O)[C@H](N)Cc2ccccc2)CSSC1(C)C)C(N)=O. The third-order valence-corrected chi connectivity index (χ3v) is 15.5. The number of para-hydroxylation sites is 1. The van der Waals surface area contributed by atoms with Crippen molar-refractivity contribution in [2.45, 2.75) is 125 Å². The summed E-state index contributed by atoms with van der Waals surface area (Å²) in [4.78, 5) is 116. The van der Waals surface area contributed by atoms with Crippen molar-refractivity contribution in [3.8, 4) is 5.75 Å². The number of fused-ring (bicyclic) bond motifs is 1. The zero-order valence-corrected chi connectivity index (χ0v) is 43.1. The predicted molar refractivity (Wildman–Crippen MR) is 280 cm³/mol. The molecule has 1 aromatic heterocycles. The first-order valence-electron chi connectivity index (χ1n) is 24.0. The lowest BCUT2D eigenvalue weighted by atomic mass is 9.99. The van der Waals surface area contributed by atoms with E-state index in [1.54, 1.807) is 42.6 Å². The van der Waals surface area contributed by atoms with Gasteiger partial charge >= 0.3 is 0 Å². The number of hydrogen-bond acceptors (Lipinski definition) is 15. The molecule has 74 heavy (non-hydrogen) atoms. The van der Waals surface area contributed by atoms with Gasteiger partial charge in [0.25, 0.3) is 0 Å². The first-order chi connectivity index (χ1) is 35.1. The number of aromatic nitrogens is 1. The number of H-pyrrole nitrogens is 1. The Morgan fingerprint density at radius 1 is 0.770 bits per heavy atom. The molecule has 1 aliphatic rings. The number of phenols is 1. The number of benzene rings is 3. The van der Waals surface area contributed by atoms with E-state index in [0.717, 1.165) is 38.1 Å². The molecule has 0 saturated carbocycles. The number of nitrogens with two attached hydrogens (primary N) is 3. The second-order valence-corrected chi connectivity index (χ2v) is 21.7. The van der Waals surface area contributed by atoms with Crippen molar-refractivity contribution in [2.24, 2.45) is 17.2 Å². The van der Waals surface area contributed by atoms with Gasteiger partial charge in [-0.15, -0.1) is 0 Å². The summed E-state index contributed by atoms with van der Waals surface area (Å²) in [5.74, 6) is -7.70. The number of nitrogens with one attached hydrogen (secondary N) is 8. The van der Waals surface area contributed by atoms with Crippen LogP contribution in [-0.2, 0) is 57.6 Å². The number of aliphatic hydroxyl groups excluding tert-OH is 2. The topological polar surface area (TPSA) is 375 Å². The third kappa shape index (κ3) is 16.4. The highest BCUT2D eigenvalue weighted by Crippen LogP contribution is 2.39. The number of hydrogen-bond donors (Lipinski definition) is 14. The van der Waals surface area contributed by atoms with Crippen molar-refractivity contribution in [3.63, 3.8) is 0 Å². The molecule has 2 heterocycles. The van der Waals surface area contributed by atoms with Gasteiger partial charge in [0.15, 0.2) is 0 Å². The van der Waals surface area contributed by atoms with E-state index >= 15 is 0 Å². The summed E-state index contributed by atoms with van der Waals surface area (Å²) in [7, 11) is 1.94. The molecular weight excluding hydrogens is 995 g/mol. The van der Waals surface area contributed by atoms with Crippen molar-refractivity contribution >= 4 is 79.7 Å². The van der Waals surface area contributed by atoms with Gasteiger partial charge in [-0.1, -0.05) is 82.3 Å². The van der Waals surface area contributed by atoms with Crippen LogP contribution in [0.25, 0.3) is 10.9 Å². The first kappa shape index (κ1) is 58.2. The summed E-state index contributed by atoms with van der Waals surface area (Å²) < 4.78 is -1.42. The minimum atomic E-state index is -1.76. The van der Waals surface area contributed by atoms with E-state index in [1.165, 1.54) is 52.0 Å². The summed E-state index contributed by atoms with van der Waals surface area (Å²) in [6.45, 7) is 5.57. The molecule has 24 heteroatoms. The number of amides is 8. The molecule has 5 rings (SSSR count). The summed E-state index contributed by atoms with van der Waals surface area (Å²) in [5.41, 5.74) is 20.3. The van der Waals surface area contributed by atoms with Crippen LogP contribution >= 0.6 is 21.6 Å². The summed E-state index contributed by atoms with van der Waals surface area (Å²) in [5, 5.41) is 50.5. The van der Waals surface area contributed by atoms with Gasteiger partial charge in [0, 0.05) is 40.4 Å². The van der Waals surface area contributed by atoms with E-state index in [2.05, 4.69) is 42.2 Å². The minimum absolute atomic E-state index is 0.0658. The van der Waals surface area contributed by atoms with Crippen LogP contribution in [0, 0.1) is 0 Å². The monoisotopic (exact) mass is 1060 g/mol. The van der Waals surface area contributed by atoms with Gasteiger partial charge < -0.3 is 74.7 Å². The molecule has 1 saturated heterocycles. The van der Waals surface area contributed by atoms with Gasteiger partial charge in [0.2, 0.25) is 47.3 Å². The molecule has 3 aromatic carbocycles. The molecular formula is C50H67N11O11S2. The highest BCUT2D eigenvalue weighted by molar-refractivity contribution is 8.77. The Kier molecular flexibility index (Phi) is 21.2. The normalized spacial score (nSPS) is 23.1. The number of phenolic OH excluding ortho intramolecular Hbond substituents is 1. The Morgan fingerprint density at radius 3 is 2.01 bits per heavy atom. The average molecular weight is 1060 g/mol. The second-order valence-electron chi connectivity index (χ2n) is 18.7. The van der Waals surface area contributed by atoms with Crippen molar-refractivity contribution in [3.05, 3.63) is 102 Å². The smallest absolute Gasteiger partial charge is 0.245 e. The van der Waals surface area contributed by atoms with E-state index in [4.69, 9.17) is 17.2 Å². The van der Waals surface area contributed by atoms with Gasteiger partial charge in [-0.2, -0.15) is 0 Å². The molecule has 1 fully saturated rings. The molecule has 0 bridgehead atoms. The molecule has 2 unspecified atom stereocenters. The number of rotatable bonds is 16. The number of aliphatic hydroxyl groups is 2. The lowest BCUT2D eigenvalue weighted by molar-refractivity contribution is -0.137. The molecule has 0 radical (unpaired) electrons. The molecule has 8 amide bonds. The van der Waals surface area contributed by atoms with Crippen LogP contribution in [0.4, 0.5) is 0 Å². The lowest BCUT2D eigenvalue weighted by Gasteiger charge is -2.36. The zero-order valence-electron chi connectivity index (χ0n) is 41.5. The van der Waals surface area contributed by atoms with Gasteiger partial charge in [-0.05, 0) is 88.4 Å². The Hall–Kier alpha value is -6.70. The highest BCUT2D eigenvalue weighted by atomic mass is 33.1. The third-order valence-electron chi connectivity index (χ3n) is 12.2. The van der Waals surface area contributed by atoms with Gasteiger partial charge in [-0.25, -0.2) is 0 Å². The molecule has 0 spiro atoms. The maximum atomic E-state index is 14.8. The second kappa shape index (κ2) is 27.0. The number of carbonyl (C=O) groups excluding carboxylic acids is 8. The molecule has 0 aliphatic carbocycles. The van der Waals surface area contributed by atoms with Crippen molar-refractivity contribution in [1.29, 1.82) is 0 Å². The lowest BCUT2D eigenvalue weighted by Crippen LogP contribution is -2.65. The predicted octanol–water partition coefficient (Wildman–Crippen LogP) is -1.22. The van der Waals surface area contributed by atoms with E-state index in [9.17, 15) is 53.7 Å². The fourth-order valence-corrected chi connectivity index (χ4v) is 10.9. The quantitative estimate of drug-likeness (QED) is 0.0585. The van der Waals surface area contributed by atoms with E-state index in [-0.39, 0.29) is 50.2 Å². The van der Waals surface area contributed by atoms with Gasteiger partial charge in [0.05, 0.1) is 18.2 Å². The fourth-order valence-electron chi connectivity index (χ4n) is 8.05. The van der Waals surface area contributed by atoms with Crippen molar-refractivity contribution in [2.75, 3.05) is 12.3 Å². The van der Waals surface area contributed by atoms with Crippen molar-refractivity contribution in [1.82, 2.24) is 42.2 Å². The molecule has 400 valence electrons. The molecule has 17 N–H and O–H groups in total. The maximum absolute atomic E-state index is 14.8. The number of carbonyl (C=O) groups is 8. The maximum Gasteiger partial charge on any atom is 0.245 e. The van der Waals surface area contributed by atoms with Crippen molar-refractivity contribution < 1.29 is 53.7 Å². The van der Waals surface area contributed by atoms with Crippen LogP contribution < -0.4 is 54.4 Å². The van der Waals surface area contributed by atoms with Crippen LogP contribution in [0.1, 0.15) is 57.2 Å². The fraction of sp³-hybridized carbons (Fsp3) is 0.440. The molecule has 10 atom stereocenters. The number of primary amides is 1. The number of aromatic hydroxyl groups is 1. The summed E-state index contributed by atoms with van der Waals surface area (Å²) >= 11 is 0. The first-order valence-corrected chi connectivity index (χ1v) is 26.3. The van der Waals surface area contributed by atoms with Crippen LogP contribution in [0.3, 0.4) is 0 Å². The molecule has 4 aromatic rings. The minimum Gasteiger partial charge on any atom is -0.508 e. The summed E-state index contributed by atoms with van der Waals surface area (Å²) in [6, 6.07) is 10.1. The number of aromatic amines is 1. The largest absolute Gasteiger partial charge is 0.508 e. The van der Waals surface area contributed by atoms with Crippen LogP contribution in [0.5, 0.6) is 5.75 Å². The molecule has 1 aliphatic heterocycles. The zero-order chi connectivity index (χ0) is 54.3. The standard InChI is InChI=1S/C50H67N11O11S2/c1-26(62)39(42(53)65)59-49(72)41-50(3,4)74-73-25-38(58-43(66)33(52)21-28-11-6-5-7-12-28)47(70)56-36(22-29-16-18-31(64)19-17-29)45(68)57-37(23-30-24-54-34-14-9-8-13-32(30)34)46(69)55-35(15-10-20-51)44(67)60-40(27(2)63)48(71)61-41/h5-9,11-14,16-19,24,26-27,33,35-41,54,62-64H,10,15,20-23,25,51-52H2,1-4H3,(H2,53,65)(H,55,69)(H,56,70)(H,57,68)(H,58,66)(H,59,72)(H,60,67)(H,61,71)/t26-,27-,33-,35+,36+,37-,38?,39+,40+,41?/m1/s1. The highest BCUT2D eigenvalue weighted by Gasteiger charge is 2.43. The van der Waals surface area contributed by atoms with Crippen LogP contribution in [0.15, 0.2) is 85.1 Å². The van der Waals surface area contributed by atoms with Crippen LogP contribution in [0.2, 0.25) is 0 Å². The Bertz CT molecular complexity index is 2600. The Balaban J connectivity index is 1.62. The Labute approximate surface area is 436 Å².